The van der Waals surface area contributed by atoms with Crippen molar-refractivity contribution in [1.82, 2.24) is 4.90 Å². The first-order valence-corrected chi connectivity index (χ1v) is 6.22. The molecule has 0 aromatic heterocycles. The number of hydrogen-bond donors (Lipinski definition) is 0. The number of nitrogens with zero attached hydrogens (tertiary/aromatic N) is 1. The molecule has 0 aliphatic heterocycles. The highest BCUT2D eigenvalue weighted by Gasteiger charge is 2.26. The molecule has 0 aliphatic carbocycles. The predicted molar refractivity (Wildman–Crippen MR) is 65.6 cm³/mol. The molecule has 0 aromatic rings. The zero-order valence-corrected chi connectivity index (χ0v) is 11.1. The van der Waals surface area contributed by atoms with E-state index in [9.17, 15) is 0 Å². The van der Waals surface area contributed by atoms with Crippen molar-refractivity contribution in [1.29, 1.82) is 0 Å². The Hall–Kier alpha value is -0.0400. The van der Waals surface area contributed by atoms with Crippen molar-refractivity contribution in [2.24, 2.45) is 11.3 Å². The van der Waals surface area contributed by atoms with Gasteiger partial charge in [0.15, 0.2) is 0 Å². The van der Waals surface area contributed by atoms with Crippen molar-refractivity contribution in [3.63, 3.8) is 0 Å². The van der Waals surface area contributed by atoms with E-state index < -0.39 is 0 Å². The minimum absolute atomic E-state index is 0.530. The third-order valence-electron chi connectivity index (χ3n) is 4.10. The lowest BCUT2D eigenvalue weighted by molar-refractivity contribution is 0.155. The van der Waals surface area contributed by atoms with Crippen LogP contribution in [0, 0.1) is 11.3 Å². The third kappa shape index (κ3) is 4.00. The van der Waals surface area contributed by atoms with Gasteiger partial charge in [-0.3, -0.25) is 0 Å². The summed E-state index contributed by atoms with van der Waals surface area (Å²) in [4.78, 5) is 2.52. The summed E-state index contributed by atoms with van der Waals surface area (Å²) < 4.78 is 0. The van der Waals surface area contributed by atoms with Crippen LogP contribution in [0.25, 0.3) is 0 Å². The number of rotatable bonds is 7. The summed E-state index contributed by atoms with van der Waals surface area (Å²) in [6, 6.07) is 0. The lowest BCUT2D eigenvalue weighted by Gasteiger charge is -2.34. The smallest absolute Gasteiger partial charge is 0.00137 e. The molecule has 86 valence electrons. The average Bonchev–Trinajstić information content (AvgIpc) is 2.18. The molecule has 0 saturated heterocycles. The molecule has 1 heteroatoms. The van der Waals surface area contributed by atoms with Gasteiger partial charge in [-0.05, 0) is 37.4 Å². The van der Waals surface area contributed by atoms with Crippen LogP contribution >= 0.6 is 0 Å². The van der Waals surface area contributed by atoms with Gasteiger partial charge in [-0.2, -0.15) is 0 Å². The summed E-state index contributed by atoms with van der Waals surface area (Å²) in [7, 11) is 0. The zero-order valence-electron chi connectivity index (χ0n) is 11.1. The summed E-state index contributed by atoms with van der Waals surface area (Å²) in [5.74, 6) is 0.795. The second kappa shape index (κ2) is 6.44. The van der Waals surface area contributed by atoms with E-state index in [4.69, 9.17) is 0 Å². The monoisotopic (exact) mass is 199 g/mol. The Morgan fingerprint density at radius 3 is 1.86 bits per heavy atom. The summed E-state index contributed by atoms with van der Waals surface area (Å²) in [5, 5.41) is 0. The molecule has 0 aromatic carbocycles. The Kier molecular flexibility index (Phi) is 6.43. The molecule has 0 amide bonds. The topological polar surface area (TPSA) is 3.24 Å². The molecule has 0 radical (unpaired) electrons. The minimum Gasteiger partial charge on any atom is -0.304 e. The van der Waals surface area contributed by atoms with Crippen molar-refractivity contribution in [3.05, 3.63) is 0 Å². The van der Waals surface area contributed by atoms with Crippen LogP contribution in [0.15, 0.2) is 0 Å². The van der Waals surface area contributed by atoms with E-state index in [0.29, 0.717) is 5.41 Å². The summed E-state index contributed by atoms with van der Waals surface area (Å²) in [5.41, 5.74) is 0.530. The lowest BCUT2D eigenvalue weighted by Crippen LogP contribution is -2.31. The maximum atomic E-state index is 2.52. The van der Waals surface area contributed by atoms with Crippen LogP contribution in [0.4, 0.5) is 0 Å². The molecule has 0 aliphatic rings. The summed E-state index contributed by atoms with van der Waals surface area (Å²) in [6.07, 6.45) is 2.63. The maximum absolute atomic E-state index is 2.52. The van der Waals surface area contributed by atoms with Crippen LogP contribution in [-0.4, -0.2) is 24.5 Å². The first kappa shape index (κ1) is 14.0. The van der Waals surface area contributed by atoms with E-state index in [1.54, 1.807) is 0 Å². The van der Waals surface area contributed by atoms with Gasteiger partial charge < -0.3 is 4.90 Å². The quantitative estimate of drug-likeness (QED) is 0.603. The van der Waals surface area contributed by atoms with Gasteiger partial charge in [-0.25, -0.2) is 0 Å². The van der Waals surface area contributed by atoms with E-state index >= 15 is 0 Å². The molecule has 0 saturated carbocycles. The SMILES string of the molecule is CCN(CC)CCC(C)(CC)C(C)C. The van der Waals surface area contributed by atoms with Crippen molar-refractivity contribution < 1.29 is 0 Å². The van der Waals surface area contributed by atoms with Crippen molar-refractivity contribution in [2.75, 3.05) is 19.6 Å². The Morgan fingerprint density at radius 2 is 1.57 bits per heavy atom. The third-order valence-corrected chi connectivity index (χ3v) is 4.10. The first-order chi connectivity index (χ1) is 6.50. The molecular formula is C13H29N. The highest BCUT2D eigenvalue weighted by atomic mass is 15.1. The molecular weight excluding hydrogens is 170 g/mol. The van der Waals surface area contributed by atoms with Gasteiger partial charge in [0.1, 0.15) is 0 Å². The molecule has 0 bridgehead atoms. The molecule has 14 heavy (non-hydrogen) atoms. The van der Waals surface area contributed by atoms with Crippen molar-refractivity contribution in [3.8, 4) is 0 Å². The van der Waals surface area contributed by atoms with E-state index in [0.717, 1.165) is 5.92 Å². The van der Waals surface area contributed by atoms with Gasteiger partial charge in [0.05, 0.1) is 0 Å². The largest absolute Gasteiger partial charge is 0.304 e. The van der Waals surface area contributed by atoms with Gasteiger partial charge in [0.25, 0.3) is 0 Å². The molecule has 0 N–H and O–H groups in total. The second-order valence-corrected chi connectivity index (χ2v) is 4.94. The van der Waals surface area contributed by atoms with Crippen molar-refractivity contribution >= 4 is 0 Å². The Bertz CT molecular complexity index is 138. The first-order valence-electron chi connectivity index (χ1n) is 6.22. The maximum Gasteiger partial charge on any atom is -0.00137 e. The van der Waals surface area contributed by atoms with Gasteiger partial charge in [0.2, 0.25) is 0 Å². The molecule has 1 atom stereocenters. The lowest BCUT2D eigenvalue weighted by atomic mass is 9.74. The Balaban J connectivity index is 4.06. The van der Waals surface area contributed by atoms with Gasteiger partial charge >= 0.3 is 0 Å². The van der Waals surface area contributed by atoms with Crippen LogP contribution in [-0.2, 0) is 0 Å². The van der Waals surface area contributed by atoms with E-state index in [1.165, 1.54) is 32.5 Å². The fourth-order valence-electron chi connectivity index (χ4n) is 1.83. The highest BCUT2D eigenvalue weighted by Crippen LogP contribution is 2.34. The summed E-state index contributed by atoms with van der Waals surface area (Å²) >= 11 is 0. The van der Waals surface area contributed by atoms with Crippen LogP contribution in [0.1, 0.15) is 54.4 Å². The Labute approximate surface area is 90.9 Å². The molecule has 0 spiro atoms. The Morgan fingerprint density at radius 1 is 1.07 bits per heavy atom. The van der Waals surface area contributed by atoms with Gasteiger partial charge in [0, 0.05) is 0 Å². The normalized spacial score (nSPS) is 16.3. The molecule has 1 unspecified atom stereocenters. The molecule has 0 heterocycles. The van der Waals surface area contributed by atoms with Gasteiger partial charge in [-0.1, -0.05) is 48.0 Å². The fourth-order valence-corrected chi connectivity index (χ4v) is 1.83. The van der Waals surface area contributed by atoms with Crippen LogP contribution in [0.3, 0.4) is 0 Å². The molecule has 0 fully saturated rings. The average molecular weight is 199 g/mol. The van der Waals surface area contributed by atoms with Crippen LogP contribution in [0.5, 0.6) is 0 Å². The van der Waals surface area contributed by atoms with Gasteiger partial charge in [-0.15, -0.1) is 0 Å². The molecule has 1 nitrogen and oxygen atoms in total. The minimum atomic E-state index is 0.530. The van der Waals surface area contributed by atoms with E-state index in [2.05, 4.69) is 46.4 Å². The van der Waals surface area contributed by atoms with E-state index in [-0.39, 0.29) is 0 Å². The summed E-state index contributed by atoms with van der Waals surface area (Å²) in [6.45, 7) is 17.6. The van der Waals surface area contributed by atoms with Crippen LogP contribution in [0.2, 0.25) is 0 Å². The molecule has 0 rings (SSSR count). The highest BCUT2D eigenvalue weighted by molar-refractivity contribution is 4.77. The fraction of sp³-hybridized carbons (Fsp3) is 1.00. The number of hydrogen-bond acceptors (Lipinski definition) is 1. The van der Waals surface area contributed by atoms with E-state index in [1.807, 2.05) is 0 Å². The predicted octanol–water partition coefficient (Wildman–Crippen LogP) is 3.79. The second-order valence-electron chi connectivity index (χ2n) is 4.94. The van der Waals surface area contributed by atoms with Crippen molar-refractivity contribution in [2.45, 2.75) is 54.4 Å². The zero-order chi connectivity index (χ0) is 11.2. The van der Waals surface area contributed by atoms with Crippen LogP contribution < -0.4 is 0 Å². The standard InChI is InChI=1S/C13H29N/c1-7-13(6,12(4)5)10-11-14(8-2)9-3/h12H,7-11H2,1-6H3.